The van der Waals surface area contributed by atoms with Gasteiger partial charge in [0.15, 0.2) is 4.83 Å². The van der Waals surface area contributed by atoms with Gasteiger partial charge in [-0.25, -0.2) is 0 Å². The number of hydrogen-bond donors (Lipinski definition) is 2. The molecule has 2 unspecified atom stereocenters. The number of benzene rings is 1. The molecule has 4 rings (SSSR count). The van der Waals surface area contributed by atoms with Gasteiger partial charge in [0.1, 0.15) is 6.04 Å². The van der Waals surface area contributed by atoms with Crippen LogP contribution in [0.2, 0.25) is 0 Å². The molecule has 2 aromatic heterocycles. The van der Waals surface area contributed by atoms with E-state index in [1.54, 1.807) is 42.5 Å². The van der Waals surface area contributed by atoms with Crippen molar-refractivity contribution in [2.75, 3.05) is 10.6 Å². The van der Waals surface area contributed by atoms with Crippen LogP contribution in [-0.2, 0) is 22.4 Å². The number of carbonyl (C=O) groups is 2. The topological polar surface area (TPSA) is 106 Å². The first-order valence-electron chi connectivity index (χ1n) is 11.1. The molecule has 1 aliphatic carbocycles. The average Bonchev–Trinajstić information content (AvgIpc) is 3.12. The van der Waals surface area contributed by atoms with Crippen LogP contribution >= 0.6 is 11.3 Å². The maximum absolute atomic E-state index is 13.3. The van der Waals surface area contributed by atoms with Crippen LogP contribution in [0.25, 0.3) is 10.2 Å². The van der Waals surface area contributed by atoms with E-state index in [0.717, 1.165) is 24.8 Å². The predicted octanol–water partition coefficient (Wildman–Crippen LogP) is 4.16. The van der Waals surface area contributed by atoms with E-state index in [9.17, 15) is 14.4 Å². The summed E-state index contributed by atoms with van der Waals surface area (Å²) in [6.45, 7) is 9.85. The Morgan fingerprint density at radius 1 is 1.15 bits per heavy atom. The Bertz CT molecular complexity index is 1270. The minimum absolute atomic E-state index is 0.168. The smallest absolute Gasteiger partial charge is 0.279 e. The molecule has 0 saturated carbocycles. The maximum atomic E-state index is 13.3. The van der Waals surface area contributed by atoms with Crippen LogP contribution in [0.1, 0.15) is 57.5 Å². The van der Waals surface area contributed by atoms with Gasteiger partial charge >= 0.3 is 0 Å². The molecule has 0 saturated heterocycles. The Morgan fingerprint density at radius 3 is 2.39 bits per heavy atom. The minimum Gasteiger partial charge on any atom is -0.326 e. The van der Waals surface area contributed by atoms with E-state index in [1.807, 2.05) is 0 Å². The summed E-state index contributed by atoms with van der Waals surface area (Å²) in [5.74, 6) is 0.0307. The summed E-state index contributed by atoms with van der Waals surface area (Å²) in [7, 11) is 0. The van der Waals surface area contributed by atoms with Crippen LogP contribution in [0.3, 0.4) is 0 Å². The minimum atomic E-state index is -0.828. The molecule has 0 spiro atoms. The van der Waals surface area contributed by atoms with Crippen molar-refractivity contribution in [1.82, 2.24) is 15.0 Å². The third-order valence-electron chi connectivity index (χ3n) is 6.34. The molecule has 2 N–H and O–H groups in total. The summed E-state index contributed by atoms with van der Waals surface area (Å²) in [5, 5.41) is 14.5. The van der Waals surface area contributed by atoms with Gasteiger partial charge in [-0.05, 0) is 67.3 Å². The lowest BCUT2D eigenvalue weighted by Gasteiger charge is -2.33. The summed E-state index contributed by atoms with van der Waals surface area (Å²) in [6, 6.07) is 5.94. The molecule has 0 radical (unpaired) electrons. The number of hydrogen-bond acceptors (Lipinski definition) is 6. The molecule has 33 heavy (non-hydrogen) atoms. The summed E-state index contributed by atoms with van der Waals surface area (Å²) in [6.07, 6.45) is 2.83. The van der Waals surface area contributed by atoms with Crippen LogP contribution in [0.5, 0.6) is 0 Å². The zero-order chi connectivity index (χ0) is 23.9. The highest BCUT2D eigenvalue weighted by Crippen LogP contribution is 2.41. The second-order valence-corrected chi connectivity index (χ2v) is 10.8. The lowest BCUT2D eigenvalue weighted by Crippen LogP contribution is -2.34. The Balaban J connectivity index is 1.57. The second-order valence-electron chi connectivity index (χ2n) is 9.75. The fourth-order valence-electron chi connectivity index (χ4n) is 4.30. The molecular weight excluding hydrogens is 438 g/mol. The van der Waals surface area contributed by atoms with Gasteiger partial charge in [0.05, 0.1) is 5.39 Å². The number of fused-ring (bicyclic) bond motifs is 3. The molecule has 0 fully saturated rings. The molecule has 174 valence electrons. The fourth-order valence-corrected chi connectivity index (χ4v) is 5.53. The molecule has 0 bridgehead atoms. The Hall–Kier alpha value is -3.07. The Kier molecular flexibility index (Phi) is 6.09. The second kappa shape index (κ2) is 8.70. The highest BCUT2D eigenvalue weighted by Gasteiger charge is 2.32. The van der Waals surface area contributed by atoms with Crippen LogP contribution < -0.4 is 16.2 Å². The number of rotatable bonds is 4. The zero-order valence-electron chi connectivity index (χ0n) is 19.6. The number of aromatic nitrogens is 3. The average molecular weight is 468 g/mol. The van der Waals surface area contributed by atoms with Gasteiger partial charge in [0, 0.05) is 23.2 Å². The van der Waals surface area contributed by atoms with E-state index in [-0.39, 0.29) is 22.8 Å². The quantitative estimate of drug-likeness (QED) is 0.599. The van der Waals surface area contributed by atoms with Gasteiger partial charge in [0.2, 0.25) is 11.8 Å². The van der Waals surface area contributed by atoms with Crippen molar-refractivity contribution < 1.29 is 9.59 Å². The highest BCUT2D eigenvalue weighted by atomic mass is 32.1. The van der Waals surface area contributed by atoms with Crippen LogP contribution in [0.4, 0.5) is 11.4 Å². The van der Waals surface area contributed by atoms with E-state index in [0.29, 0.717) is 27.5 Å². The van der Waals surface area contributed by atoms with E-state index in [1.165, 1.54) is 16.5 Å². The normalized spacial score (nSPS) is 16.8. The SMILES string of the molecule is CC(=O)Nc1ccc(NC(=O)C(C)n2nnc3sc4c(c3c2=O)CCC(C(C)(C)C)C4)cc1. The number of nitrogens with zero attached hydrogens (tertiary/aromatic N) is 3. The van der Waals surface area contributed by atoms with Gasteiger partial charge in [-0.3, -0.25) is 14.4 Å². The largest absolute Gasteiger partial charge is 0.326 e. The molecular formula is C24H29N5O3S. The number of thiophene rings is 1. The summed E-state index contributed by atoms with van der Waals surface area (Å²) in [4.78, 5) is 39.2. The van der Waals surface area contributed by atoms with Crippen LogP contribution in [-0.4, -0.2) is 26.8 Å². The first-order valence-corrected chi connectivity index (χ1v) is 11.9. The third-order valence-corrected chi connectivity index (χ3v) is 7.48. The number of amides is 2. The first kappa shape index (κ1) is 23.1. The van der Waals surface area contributed by atoms with Crippen molar-refractivity contribution in [3.05, 3.63) is 45.1 Å². The number of carbonyl (C=O) groups excluding carboxylic acids is 2. The molecule has 9 heteroatoms. The lowest BCUT2D eigenvalue weighted by atomic mass is 9.72. The fraction of sp³-hybridized carbons (Fsp3) is 0.458. The van der Waals surface area contributed by atoms with Gasteiger partial charge in [-0.2, -0.15) is 4.68 Å². The first-order chi connectivity index (χ1) is 15.5. The van der Waals surface area contributed by atoms with Crippen molar-refractivity contribution >= 4 is 44.7 Å². The summed E-state index contributed by atoms with van der Waals surface area (Å²) in [5.41, 5.74) is 2.22. The van der Waals surface area contributed by atoms with Crippen molar-refractivity contribution in [2.45, 2.75) is 59.9 Å². The lowest BCUT2D eigenvalue weighted by molar-refractivity contribution is -0.119. The molecule has 1 aliphatic rings. The zero-order valence-corrected chi connectivity index (χ0v) is 20.4. The number of aryl methyl sites for hydroxylation is 1. The molecule has 3 aromatic rings. The van der Waals surface area contributed by atoms with E-state index in [2.05, 4.69) is 41.7 Å². The summed E-state index contributed by atoms with van der Waals surface area (Å²) < 4.78 is 1.17. The third kappa shape index (κ3) is 4.68. The predicted molar refractivity (Wildman–Crippen MR) is 131 cm³/mol. The Morgan fingerprint density at radius 2 is 1.79 bits per heavy atom. The van der Waals surface area contributed by atoms with Crippen molar-refractivity contribution in [1.29, 1.82) is 0 Å². The van der Waals surface area contributed by atoms with Crippen LogP contribution in [0.15, 0.2) is 29.1 Å². The van der Waals surface area contributed by atoms with Gasteiger partial charge in [-0.15, -0.1) is 16.4 Å². The molecule has 2 heterocycles. The van der Waals surface area contributed by atoms with Crippen molar-refractivity contribution in [3.63, 3.8) is 0 Å². The maximum Gasteiger partial charge on any atom is 0.279 e. The molecule has 0 aliphatic heterocycles. The van der Waals surface area contributed by atoms with Gasteiger partial charge in [-0.1, -0.05) is 26.0 Å². The molecule has 8 nitrogen and oxygen atoms in total. The number of nitrogens with one attached hydrogen (secondary N) is 2. The number of anilines is 2. The standard InChI is InChI=1S/C24H29N5O3S/c1-13(21(31)26-17-9-7-16(8-10-17)25-14(2)30)29-23(32)20-18-11-6-15(24(3,4)5)12-19(18)33-22(20)27-28-29/h7-10,13,15H,6,11-12H2,1-5H3,(H,25,30)(H,26,31). The molecule has 2 amide bonds. The van der Waals surface area contributed by atoms with E-state index in [4.69, 9.17) is 0 Å². The van der Waals surface area contributed by atoms with E-state index >= 15 is 0 Å². The van der Waals surface area contributed by atoms with Gasteiger partial charge < -0.3 is 10.6 Å². The highest BCUT2D eigenvalue weighted by molar-refractivity contribution is 7.18. The molecule has 2 atom stereocenters. The molecule has 1 aromatic carbocycles. The van der Waals surface area contributed by atoms with Gasteiger partial charge in [0.25, 0.3) is 5.56 Å². The van der Waals surface area contributed by atoms with Crippen molar-refractivity contribution in [2.24, 2.45) is 11.3 Å². The monoisotopic (exact) mass is 467 g/mol. The van der Waals surface area contributed by atoms with Crippen molar-refractivity contribution in [3.8, 4) is 0 Å². The van der Waals surface area contributed by atoms with Crippen LogP contribution in [0, 0.1) is 11.3 Å². The Labute approximate surface area is 196 Å². The van der Waals surface area contributed by atoms with E-state index < -0.39 is 6.04 Å². The summed E-state index contributed by atoms with van der Waals surface area (Å²) >= 11 is 1.55.